The van der Waals surface area contributed by atoms with Crippen LogP contribution in [0.4, 0.5) is 0 Å². The van der Waals surface area contributed by atoms with Crippen LogP contribution in [0.2, 0.25) is 0 Å². The molecule has 0 aliphatic carbocycles. The number of aromatic nitrogens is 1. The quantitative estimate of drug-likeness (QED) is 0.752. The van der Waals surface area contributed by atoms with Gasteiger partial charge in [-0.05, 0) is 42.5 Å². The monoisotopic (exact) mass is 361 g/mol. The molecule has 2 rings (SSSR count). The third-order valence-electron chi connectivity index (χ3n) is 3.52. The Kier molecular flexibility index (Phi) is 4.32. The first-order valence-corrected chi connectivity index (χ1v) is 7.42. The number of halogens is 1. The van der Waals surface area contributed by atoms with E-state index < -0.39 is 0 Å². The summed E-state index contributed by atoms with van der Waals surface area (Å²) in [5, 5.41) is 0. The van der Waals surface area contributed by atoms with E-state index in [4.69, 9.17) is 0 Å². The predicted molar refractivity (Wildman–Crippen MR) is 80.7 cm³/mol. The van der Waals surface area contributed by atoms with Crippen LogP contribution in [0.25, 0.3) is 0 Å². The van der Waals surface area contributed by atoms with Gasteiger partial charge in [0, 0.05) is 49.0 Å². The fourth-order valence-electron chi connectivity index (χ4n) is 2.34. The summed E-state index contributed by atoms with van der Waals surface area (Å²) < 4.78 is 3.03. The molecular formula is C13H20IN3O. The van der Waals surface area contributed by atoms with Crippen molar-refractivity contribution in [3.63, 3.8) is 0 Å². The van der Waals surface area contributed by atoms with Gasteiger partial charge in [0.2, 0.25) is 0 Å². The molecule has 0 spiro atoms. The number of carbonyl (C=O) groups excluding carboxylic acids is 1. The summed E-state index contributed by atoms with van der Waals surface area (Å²) in [5.41, 5.74) is 0.789. The molecule has 1 aromatic heterocycles. The van der Waals surface area contributed by atoms with Crippen molar-refractivity contribution in [2.24, 2.45) is 7.05 Å². The maximum atomic E-state index is 12.4. The van der Waals surface area contributed by atoms with Gasteiger partial charge in [-0.15, -0.1) is 0 Å². The number of aryl methyl sites for hydroxylation is 1. The van der Waals surface area contributed by atoms with Crippen LogP contribution >= 0.6 is 22.6 Å². The minimum absolute atomic E-state index is 0.156. The van der Waals surface area contributed by atoms with E-state index in [1.54, 1.807) is 0 Å². The maximum absolute atomic E-state index is 12.4. The zero-order valence-corrected chi connectivity index (χ0v) is 13.3. The highest BCUT2D eigenvalue weighted by Crippen LogP contribution is 2.14. The van der Waals surface area contributed by atoms with E-state index in [-0.39, 0.29) is 5.91 Å². The Balaban J connectivity index is 2.02. The van der Waals surface area contributed by atoms with E-state index in [1.807, 2.05) is 28.8 Å². The number of hydrogen-bond acceptors (Lipinski definition) is 2. The van der Waals surface area contributed by atoms with Crippen LogP contribution < -0.4 is 0 Å². The van der Waals surface area contributed by atoms with Crippen molar-refractivity contribution < 1.29 is 4.79 Å². The highest BCUT2D eigenvalue weighted by molar-refractivity contribution is 14.1. The molecule has 0 aromatic carbocycles. The van der Waals surface area contributed by atoms with Gasteiger partial charge in [0.15, 0.2) is 0 Å². The lowest BCUT2D eigenvalue weighted by Gasteiger charge is -2.36. The van der Waals surface area contributed by atoms with E-state index in [0.717, 1.165) is 35.4 Å². The second-order valence-corrected chi connectivity index (χ2v) is 6.32. The van der Waals surface area contributed by atoms with E-state index in [9.17, 15) is 4.79 Å². The molecule has 0 N–H and O–H groups in total. The van der Waals surface area contributed by atoms with E-state index in [1.165, 1.54) is 0 Å². The summed E-state index contributed by atoms with van der Waals surface area (Å²) in [6.45, 7) is 8.03. The Morgan fingerprint density at radius 2 is 1.89 bits per heavy atom. The first-order chi connectivity index (χ1) is 8.49. The Morgan fingerprint density at radius 3 is 2.33 bits per heavy atom. The van der Waals surface area contributed by atoms with Crippen LogP contribution in [0.3, 0.4) is 0 Å². The molecule has 2 heterocycles. The lowest BCUT2D eigenvalue weighted by Crippen LogP contribution is -2.50. The lowest BCUT2D eigenvalue weighted by atomic mass is 10.2. The SMILES string of the molecule is CC(C)N1CCN(C(=O)c2cc(I)cn2C)CC1. The standard InChI is InChI=1S/C13H20IN3O/c1-10(2)16-4-6-17(7-5-16)13(18)12-8-11(14)9-15(12)3/h8-10H,4-7H2,1-3H3. The van der Waals surface area contributed by atoms with Crippen molar-refractivity contribution >= 4 is 28.5 Å². The second-order valence-electron chi connectivity index (χ2n) is 5.08. The van der Waals surface area contributed by atoms with Gasteiger partial charge in [0.05, 0.1) is 0 Å². The van der Waals surface area contributed by atoms with Crippen molar-refractivity contribution in [2.75, 3.05) is 26.2 Å². The van der Waals surface area contributed by atoms with Gasteiger partial charge in [0.1, 0.15) is 5.69 Å². The van der Waals surface area contributed by atoms with E-state index >= 15 is 0 Å². The minimum atomic E-state index is 0.156. The first-order valence-electron chi connectivity index (χ1n) is 6.34. The van der Waals surface area contributed by atoms with Gasteiger partial charge in [0.25, 0.3) is 5.91 Å². The zero-order valence-electron chi connectivity index (χ0n) is 11.2. The molecule has 5 heteroatoms. The number of rotatable bonds is 2. The summed E-state index contributed by atoms with van der Waals surface area (Å²) >= 11 is 2.24. The highest BCUT2D eigenvalue weighted by Gasteiger charge is 2.24. The van der Waals surface area contributed by atoms with Gasteiger partial charge < -0.3 is 9.47 Å². The molecule has 4 nitrogen and oxygen atoms in total. The van der Waals surface area contributed by atoms with Crippen molar-refractivity contribution in [2.45, 2.75) is 19.9 Å². The summed E-state index contributed by atoms with van der Waals surface area (Å²) in [6, 6.07) is 2.52. The van der Waals surface area contributed by atoms with Crippen LogP contribution in [0.5, 0.6) is 0 Å². The molecule has 1 aromatic rings. The number of nitrogens with zero attached hydrogens (tertiary/aromatic N) is 3. The maximum Gasteiger partial charge on any atom is 0.270 e. The molecule has 0 bridgehead atoms. The van der Waals surface area contributed by atoms with Crippen molar-refractivity contribution in [1.82, 2.24) is 14.4 Å². The highest BCUT2D eigenvalue weighted by atomic mass is 127. The van der Waals surface area contributed by atoms with Gasteiger partial charge in [-0.3, -0.25) is 9.69 Å². The smallest absolute Gasteiger partial charge is 0.270 e. The number of amides is 1. The van der Waals surface area contributed by atoms with Crippen LogP contribution in [0.15, 0.2) is 12.3 Å². The molecule has 100 valence electrons. The van der Waals surface area contributed by atoms with Crippen molar-refractivity contribution in [1.29, 1.82) is 0 Å². The Morgan fingerprint density at radius 1 is 1.28 bits per heavy atom. The first kappa shape index (κ1) is 13.9. The van der Waals surface area contributed by atoms with Crippen molar-refractivity contribution in [3.05, 3.63) is 21.5 Å². The lowest BCUT2D eigenvalue weighted by molar-refractivity contribution is 0.0586. The topological polar surface area (TPSA) is 28.5 Å². The summed E-state index contributed by atoms with van der Waals surface area (Å²) in [4.78, 5) is 16.8. The van der Waals surface area contributed by atoms with Gasteiger partial charge in [-0.2, -0.15) is 0 Å². The molecule has 1 aliphatic heterocycles. The van der Waals surface area contributed by atoms with Crippen LogP contribution in [-0.2, 0) is 7.05 Å². The van der Waals surface area contributed by atoms with Crippen molar-refractivity contribution in [3.8, 4) is 0 Å². The summed E-state index contributed by atoms with van der Waals surface area (Å²) in [6.07, 6.45) is 1.98. The molecule has 1 fully saturated rings. The van der Waals surface area contributed by atoms with E-state index in [0.29, 0.717) is 6.04 Å². The summed E-state index contributed by atoms with van der Waals surface area (Å²) in [7, 11) is 1.93. The Hall–Kier alpha value is -0.560. The molecule has 1 amide bonds. The second kappa shape index (κ2) is 5.61. The minimum Gasteiger partial charge on any atom is -0.346 e. The number of piperazine rings is 1. The van der Waals surface area contributed by atoms with Gasteiger partial charge in [-0.25, -0.2) is 0 Å². The fourth-order valence-corrected chi connectivity index (χ4v) is 3.05. The molecule has 0 radical (unpaired) electrons. The number of hydrogen-bond donors (Lipinski definition) is 0. The molecular weight excluding hydrogens is 341 g/mol. The van der Waals surface area contributed by atoms with Crippen LogP contribution in [-0.4, -0.2) is 52.5 Å². The fraction of sp³-hybridized carbons (Fsp3) is 0.615. The Bertz CT molecular complexity index is 433. The van der Waals surface area contributed by atoms with Crippen LogP contribution in [0.1, 0.15) is 24.3 Å². The average Bonchev–Trinajstić information content (AvgIpc) is 2.67. The largest absolute Gasteiger partial charge is 0.346 e. The molecule has 18 heavy (non-hydrogen) atoms. The number of carbonyl (C=O) groups is 1. The molecule has 0 saturated carbocycles. The van der Waals surface area contributed by atoms with Gasteiger partial charge >= 0.3 is 0 Å². The molecule has 1 saturated heterocycles. The molecule has 0 atom stereocenters. The molecule has 0 unspecified atom stereocenters. The normalized spacial score (nSPS) is 17.5. The van der Waals surface area contributed by atoms with Crippen LogP contribution in [0, 0.1) is 3.57 Å². The Labute approximate surface area is 122 Å². The third kappa shape index (κ3) is 2.88. The van der Waals surface area contributed by atoms with E-state index in [2.05, 4.69) is 41.3 Å². The average molecular weight is 361 g/mol. The zero-order chi connectivity index (χ0) is 13.3. The molecule has 1 aliphatic rings. The third-order valence-corrected chi connectivity index (χ3v) is 4.11. The summed E-state index contributed by atoms with van der Waals surface area (Å²) in [5.74, 6) is 0.156. The van der Waals surface area contributed by atoms with Gasteiger partial charge in [-0.1, -0.05) is 0 Å². The predicted octanol–water partition coefficient (Wildman–Crippen LogP) is 1.80.